The van der Waals surface area contributed by atoms with Gasteiger partial charge in [0.25, 0.3) is 5.91 Å². The lowest BCUT2D eigenvalue weighted by molar-refractivity contribution is 0.102. The molecule has 0 spiro atoms. The number of hydrogen-bond acceptors (Lipinski definition) is 2. The number of amides is 1. The molecule has 2 aromatic rings. The van der Waals surface area contributed by atoms with Crippen LogP contribution in [0.25, 0.3) is 0 Å². The number of aromatic nitrogens is 2. The number of carbonyl (C=O) groups is 1. The molecule has 0 saturated heterocycles. The average molecular weight is 312 g/mol. The van der Waals surface area contributed by atoms with Gasteiger partial charge in [-0.15, -0.1) is 0 Å². The Kier molecular flexibility index (Phi) is 3.47. The van der Waals surface area contributed by atoms with Gasteiger partial charge in [0.2, 0.25) is 0 Å². The highest BCUT2D eigenvalue weighted by atomic mass is 79.9. The molecule has 0 radical (unpaired) electrons. The number of carbonyl (C=O) groups excluding carboxylic acids is 1. The Hall–Kier alpha value is -1.69. The number of rotatable bonds is 2. The Labute approximate surface area is 112 Å². The fourth-order valence-corrected chi connectivity index (χ4v) is 1.85. The monoisotopic (exact) mass is 311 g/mol. The topological polar surface area (TPSA) is 46.9 Å². The first-order valence-electron chi connectivity index (χ1n) is 5.24. The van der Waals surface area contributed by atoms with Crippen LogP contribution >= 0.6 is 15.9 Å². The van der Waals surface area contributed by atoms with E-state index >= 15 is 0 Å². The minimum Gasteiger partial charge on any atom is -0.320 e. The summed E-state index contributed by atoms with van der Waals surface area (Å²) >= 11 is 3.08. The zero-order valence-electron chi connectivity index (χ0n) is 9.87. The molecule has 2 rings (SSSR count). The Morgan fingerprint density at radius 2 is 2.22 bits per heavy atom. The summed E-state index contributed by atoms with van der Waals surface area (Å²) in [5.41, 5.74) is 1.52. The molecule has 94 valence electrons. The van der Waals surface area contributed by atoms with E-state index in [0.29, 0.717) is 21.4 Å². The van der Waals surface area contributed by atoms with Gasteiger partial charge in [0, 0.05) is 18.9 Å². The van der Waals surface area contributed by atoms with E-state index in [1.54, 1.807) is 30.9 Å². The van der Waals surface area contributed by atoms with E-state index in [2.05, 4.69) is 26.3 Å². The maximum Gasteiger partial charge on any atom is 0.276 e. The molecule has 1 aromatic heterocycles. The molecular weight excluding hydrogens is 301 g/mol. The minimum atomic E-state index is -0.358. The molecule has 18 heavy (non-hydrogen) atoms. The Morgan fingerprint density at radius 1 is 1.50 bits per heavy atom. The van der Waals surface area contributed by atoms with Crippen LogP contribution in [0.3, 0.4) is 0 Å². The predicted molar refractivity (Wildman–Crippen MR) is 70.0 cm³/mol. The molecule has 1 aromatic carbocycles. The summed E-state index contributed by atoms with van der Waals surface area (Å²) in [6, 6.07) is 4.51. The van der Waals surface area contributed by atoms with Gasteiger partial charge in [-0.05, 0) is 46.6 Å². The third-order valence-electron chi connectivity index (χ3n) is 2.46. The summed E-state index contributed by atoms with van der Waals surface area (Å²) in [5, 5.41) is 6.69. The van der Waals surface area contributed by atoms with Crippen LogP contribution in [-0.2, 0) is 7.05 Å². The van der Waals surface area contributed by atoms with Crippen LogP contribution < -0.4 is 5.32 Å². The fourth-order valence-electron chi connectivity index (χ4n) is 1.50. The molecule has 0 saturated carbocycles. The van der Waals surface area contributed by atoms with Crippen molar-refractivity contribution in [3.05, 3.63) is 45.9 Å². The number of anilines is 1. The van der Waals surface area contributed by atoms with Gasteiger partial charge in [-0.25, -0.2) is 4.39 Å². The van der Waals surface area contributed by atoms with Crippen molar-refractivity contribution in [1.82, 2.24) is 9.78 Å². The van der Waals surface area contributed by atoms with Crippen molar-refractivity contribution in [3.8, 4) is 0 Å². The maximum atomic E-state index is 13.2. The lowest BCUT2D eigenvalue weighted by atomic mass is 10.2. The smallest absolute Gasteiger partial charge is 0.276 e. The second-order valence-electron chi connectivity index (χ2n) is 3.91. The van der Waals surface area contributed by atoms with Gasteiger partial charge in [0.05, 0.1) is 4.47 Å². The van der Waals surface area contributed by atoms with Gasteiger partial charge < -0.3 is 5.32 Å². The summed E-state index contributed by atoms with van der Waals surface area (Å²) in [5.74, 6) is -0.680. The van der Waals surface area contributed by atoms with Gasteiger partial charge in [0.15, 0.2) is 5.69 Å². The first-order chi connectivity index (χ1) is 8.47. The van der Waals surface area contributed by atoms with Crippen LogP contribution in [0, 0.1) is 12.7 Å². The van der Waals surface area contributed by atoms with Gasteiger partial charge in [0.1, 0.15) is 5.82 Å². The number of hydrogen-bond donors (Lipinski definition) is 1. The quantitative estimate of drug-likeness (QED) is 0.927. The van der Waals surface area contributed by atoms with Crippen molar-refractivity contribution in [2.45, 2.75) is 6.92 Å². The van der Waals surface area contributed by atoms with Crippen LogP contribution in [0.1, 0.15) is 16.1 Å². The summed E-state index contributed by atoms with van der Waals surface area (Å²) in [7, 11) is 1.73. The van der Waals surface area contributed by atoms with Crippen LogP contribution in [0.2, 0.25) is 0 Å². The zero-order chi connectivity index (χ0) is 13.3. The lowest BCUT2D eigenvalue weighted by Crippen LogP contribution is -2.14. The molecule has 4 nitrogen and oxygen atoms in total. The van der Waals surface area contributed by atoms with E-state index in [-0.39, 0.29) is 11.7 Å². The Morgan fingerprint density at radius 3 is 2.83 bits per heavy atom. The fraction of sp³-hybridized carbons (Fsp3) is 0.167. The predicted octanol–water partition coefficient (Wildman–Crippen LogP) is 2.88. The van der Waals surface area contributed by atoms with Crippen molar-refractivity contribution in [1.29, 1.82) is 0 Å². The number of nitrogens with zero attached hydrogens (tertiary/aromatic N) is 2. The van der Waals surface area contributed by atoms with Crippen LogP contribution in [-0.4, -0.2) is 15.7 Å². The zero-order valence-corrected chi connectivity index (χ0v) is 11.5. The second-order valence-corrected chi connectivity index (χ2v) is 4.76. The minimum absolute atomic E-state index is 0.310. The lowest BCUT2D eigenvalue weighted by Gasteiger charge is -2.08. The molecule has 0 fully saturated rings. The standard InChI is InChI=1S/C12H11BrFN3O/c1-7-5-9(14)8(13)6-11(7)15-12(18)10-3-4-17(2)16-10/h3-6H,1-2H3,(H,15,18). The summed E-state index contributed by atoms with van der Waals surface area (Å²) in [4.78, 5) is 11.9. The van der Waals surface area contributed by atoms with E-state index < -0.39 is 0 Å². The molecule has 0 bridgehead atoms. The number of aryl methyl sites for hydroxylation is 2. The number of benzene rings is 1. The molecule has 0 aliphatic heterocycles. The normalized spacial score (nSPS) is 10.4. The van der Waals surface area contributed by atoms with Crippen molar-refractivity contribution >= 4 is 27.5 Å². The van der Waals surface area contributed by atoms with Crippen LogP contribution in [0.15, 0.2) is 28.9 Å². The third kappa shape index (κ3) is 2.59. The van der Waals surface area contributed by atoms with E-state index in [9.17, 15) is 9.18 Å². The number of halogens is 2. The van der Waals surface area contributed by atoms with Gasteiger partial charge in [-0.3, -0.25) is 9.48 Å². The molecule has 6 heteroatoms. The Bertz CT molecular complexity index is 609. The largest absolute Gasteiger partial charge is 0.320 e. The van der Waals surface area contributed by atoms with E-state index in [1.807, 2.05) is 0 Å². The Balaban J connectivity index is 2.24. The second kappa shape index (κ2) is 4.89. The van der Waals surface area contributed by atoms with Gasteiger partial charge in [-0.2, -0.15) is 5.10 Å². The van der Waals surface area contributed by atoms with E-state index in [1.165, 1.54) is 12.1 Å². The first kappa shape index (κ1) is 12.8. The molecular formula is C12H11BrFN3O. The highest BCUT2D eigenvalue weighted by molar-refractivity contribution is 9.10. The molecule has 0 atom stereocenters. The number of nitrogens with one attached hydrogen (secondary N) is 1. The highest BCUT2D eigenvalue weighted by Crippen LogP contribution is 2.24. The molecule has 1 amide bonds. The summed E-state index contributed by atoms with van der Waals surface area (Å²) < 4.78 is 15.1. The molecule has 0 aliphatic carbocycles. The van der Waals surface area contributed by atoms with Crippen molar-refractivity contribution < 1.29 is 9.18 Å². The third-order valence-corrected chi connectivity index (χ3v) is 3.07. The molecule has 1 heterocycles. The van der Waals surface area contributed by atoms with Crippen molar-refractivity contribution in [3.63, 3.8) is 0 Å². The maximum absolute atomic E-state index is 13.2. The highest BCUT2D eigenvalue weighted by Gasteiger charge is 2.12. The van der Waals surface area contributed by atoms with E-state index in [4.69, 9.17) is 0 Å². The van der Waals surface area contributed by atoms with Gasteiger partial charge in [-0.1, -0.05) is 0 Å². The molecule has 0 aliphatic rings. The first-order valence-corrected chi connectivity index (χ1v) is 6.03. The molecule has 0 unspecified atom stereocenters. The van der Waals surface area contributed by atoms with Gasteiger partial charge >= 0.3 is 0 Å². The van der Waals surface area contributed by atoms with Crippen molar-refractivity contribution in [2.75, 3.05) is 5.32 Å². The average Bonchev–Trinajstić information content (AvgIpc) is 2.73. The molecule has 1 N–H and O–H groups in total. The van der Waals surface area contributed by atoms with Crippen LogP contribution in [0.5, 0.6) is 0 Å². The summed E-state index contributed by atoms with van der Waals surface area (Å²) in [6.45, 7) is 1.73. The summed E-state index contributed by atoms with van der Waals surface area (Å²) in [6.07, 6.45) is 1.68. The van der Waals surface area contributed by atoms with E-state index in [0.717, 1.165) is 0 Å². The van der Waals surface area contributed by atoms with Crippen LogP contribution in [0.4, 0.5) is 10.1 Å². The SMILES string of the molecule is Cc1cc(F)c(Br)cc1NC(=O)c1ccn(C)n1. The van der Waals surface area contributed by atoms with Crippen molar-refractivity contribution in [2.24, 2.45) is 7.05 Å².